The van der Waals surface area contributed by atoms with Crippen molar-refractivity contribution < 1.29 is 4.74 Å². The molecule has 0 aromatic rings. The standard InChI is InChI=1S/C15H28O/c1-10-9-12(14(3,4)5)16-13(11(10)2)15(6,7)8/h10,12-13H,2,9H2,1,3-8H3/t10?,12-,13+/m1/s1. The molecule has 1 unspecified atom stereocenters. The Hall–Kier alpha value is -0.300. The molecule has 1 aliphatic heterocycles. The predicted octanol–water partition coefficient (Wildman–Crippen LogP) is 4.43. The minimum Gasteiger partial charge on any atom is -0.370 e. The Bertz CT molecular complexity index is 264. The normalized spacial score (nSPS) is 32.9. The average Bonchev–Trinajstić information content (AvgIpc) is 2.05. The van der Waals surface area contributed by atoms with Gasteiger partial charge in [0.1, 0.15) is 0 Å². The van der Waals surface area contributed by atoms with Gasteiger partial charge in [-0.1, -0.05) is 55.0 Å². The van der Waals surface area contributed by atoms with E-state index in [1.165, 1.54) is 5.57 Å². The zero-order chi connectivity index (χ0) is 12.7. The zero-order valence-electron chi connectivity index (χ0n) is 12.1. The van der Waals surface area contributed by atoms with Gasteiger partial charge in [-0.25, -0.2) is 0 Å². The molecule has 1 saturated heterocycles. The van der Waals surface area contributed by atoms with Gasteiger partial charge in [-0.15, -0.1) is 0 Å². The van der Waals surface area contributed by atoms with Gasteiger partial charge in [0.05, 0.1) is 12.2 Å². The first-order valence-corrected chi connectivity index (χ1v) is 6.37. The summed E-state index contributed by atoms with van der Waals surface area (Å²) in [5, 5.41) is 0. The molecule has 1 heteroatoms. The molecule has 0 N–H and O–H groups in total. The van der Waals surface area contributed by atoms with Gasteiger partial charge in [0.25, 0.3) is 0 Å². The van der Waals surface area contributed by atoms with Crippen LogP contribution in [-0.4, -0.2) is 12.2 Å². The predicted molar refractivity (Wildman–Crippen MR) is 70.5 cm³/mol. The summed E-state index contributed by atoms with van der Waals surface area (Å²) in [5.74, 6) is 0.571. The van der Waals surface area contributed by atoms with Gasteiger partial charge in [0.2, 0.25) is 0 Å². The van der Waals surface area contributed by atoms with E-state index in [0.717, 1.165) is 6.42 Å². The van der Waals surface area contributed by atoms with E-state index >= 15 is 0 Å². The lowest BCUT2D eigenvalue weighted by Crippen LogP contribution is -2.46. The number of hydrogen-bond donors (Lipinski definition) is 0. The van der Waals surface area contributed by atoms with E-state index in [1.807, 2.05) is 0 Å². The van der Waals surface area contributed by atoms with E-state index in [1.54, 1.807) is 0 Å². The highest BCUT2D eigenvalue weighted by molar-refractivity contribution is 5.14. The van der Waals surface area contributed by atoms with Crippen LogP contribution in [0.3, 0.4) is 0 Å². The summed E-state index contributed by atoms with van der Waals surface area (Å²) >= 11 is 0. The molecule has 0 spiro atoms. The van der Waals surface area contributed by atoms with Crippen LogP contribution in [0.5, 0.6) is 0 Å². The molecule has 0 aromatic carbocycles. The van der Waals surface area contributed by atoms with Crippen molar-refractivity contribution in [2.24, 2.45) is 16.7 Å². The molecular weight excluding hydrogens is 196 g/mol. The van der Waals surface area contributed by atoms with Gasteiger partial charge in [-0.2, -0.15) is 0 Å². The van der Waals surface area contributed by atoms with Crippen molar-refractivity contribution in [2.45, 2.75) is 67.1 Å². The highest BCUT2D eigenvalue weighted by Crippen LogP contribution is 2.42. The Balaban J connectivity index is 2.90. The zero-order valence-corrected chi connectivity index (χ0v) is 12.1. The molecule has 1 heterocycles. The molecule has 0 amide bonds. The first-order valence-electron chi connectivity index (χ1n) is 6.37. The quantitative estimate of drug-likeness (QED) is 0.553. The van der Waals surface area contributed by atoms with Gasteiger partial charge in [-0.3, -0.25) is 0 Å². The van der Waals surface area contributed by atoms with E-state index < -0.39 is 0 Å². The molecule has 0 bridgehead atoms. The van der Waals surface area contributed by atoms with Crippen LogP contribution in [0.25, 0.3) is 0 Å². The Kier molecular flexibility index (Phi) is 3.59. The SMILES string of the molecule is C=C1C(C)C[C@H](C(C)(C)C)O[C@@H]1C(C)(C)C. The molecule has 1 aliphatic rings. The summed E-state index contributed by atoms with van der Waals surface area (Å²) in [7, 11) is 0. The maximum absolute atomic E-state index is 6.30. The van der Waals surface area contributed by atoms with Gasteiger partial charge >= 0.3 is 0 Å². The van der Waals surface area contributed by atoms with Crippen LogP contribution in [-0.2, 0) is 4.74 Å². The van der Waals surface area contributed by atoms with Crippen molar-refractivity contribution >= 4 is 0 Å². The first kappa shape index (κ1) is 13.8. The Morgan fingerprint density at radius 1 is 1.06 bits per heavy atom. The maximum atomic E-state index is 6.30. The van der Waals surface area contributed by atoms with Crippen LogP contribution in [0.2, 0.25) is 0 Å². The van der Waals surface area contributed by atoms with Gasteiger partial charge in [0.15, 0.2) is 0 Å². The lowest BCUT2D eigenvalue weighted by Gasteiger charge is -2.46. The third-order valence-electron chi connectivity index (χ3n) is 3.59. The highest BCUT2D eigenvalue weighted by atomic mass is 16.5. The van der Waals surface area contributed by atoms with Gasteiger partial charge < -0.3 is 4.74 Å². The van der Waals surface area contributed by atoms with Crippen molar-refractivity contribution in [1.82, 2.24) is 0 Å². The summed E-state index contributed by atoms with van der Waals surface area (Å²) in [5.41, 5.74) is 1.64. The molecule has 1 nitrogen and oxygen atoms in total. The fraction of sp³-hybridized carbons (Fsp3) is 0.867. The van der Waals surface area contributed by atoms with Crippen LogP contribution >= 0.6 is 0 Å². The minimum absolute atomic E-state index is 0.148. The summed E-state index contributed by atoms with van der Waals surface area (Å²) < 4.78 is 6.30. The van der Waals surface area contributed by atoms with E-state index in [9.17, 15) is 0 Å². The Morgan fingerprint density at radius 2 is 1.56 bits per heavy atom. The van der Waals surface area contributed by atoms with Crippen molar-refractivity contribution in [3.8, 4) is 0 Å². The molecule has 0 aromatic heterocycles. The molecule has 0 saturated carbocycles. The monoisotopic (exact) mass is 224 g/mol. The molecule has 1 rings (SSSR count). The summed E-state index contributed by atoms with van der Waals surface area (Å²) in [4.78, 5) is 0. The van der Waals surface area contributed by atoms with Crippen LogP contribution in [0, 0.1) is 16.7 Å². The van der Waals surface area contributed by atoms with E-state index in [2.05, 4.69) is 55.0 Å². The molecule has 0 radical (unpaired) electrons. The van der Waals surface area contributed by atoms with Crippen molar-refractivity contribution in [2.75, 3.05) is 0 Å². The fourth-order valence-corrected chi connectivity index (χ4v) is 2.36. The van der Waals surface area contributed by atoms with Crippen LogP contribution in [0.4, 0.5) is 0 Å². The molecule has 16 heavy (non-hydrogen) atoms. The smallest absolute Gasteiger partial charge is 0.0837 e. The third-order valence-corrected chi connectivity index (χ3v) is 3.59. The maximum Gasteiger partial charge on any atom is 0.0837 e. The van der Waals surface area contributed by atoms with Crippen LogP contribution < -0.4 is 0 Å². The Labute approximate surface area is 101 Å². The van der Waals surface area contributed by atoms with Gasteiger partial charge in [-0.05, 0) is 28.7 Å². The largest absolute Gasteiger partial charge is 0.370 e. The second-order valence-electron chi connectivity index (χ2n) is 7.45. The summed E-state index contributed by atoms with van der Waals surface area (Å²) in [6, 6.07) is 0. The highest BCUT2D eigenvalue weighted by Gasteiger charge is 2.41. The third kappa shape index (κ3) is 2.88. The average molecular weight is 224 g/mol. The lowest BCUT2D eigenvalue weighted by molar-refractivity contribution is -0.120. The molecule has 1 fully saturated rings. The molecular formula is C15H28O. The number of rotatable bonds is 0. The lowest BCUT2D eigenvalue weighted by atomic mass is 9.73. The molecule has 3 atom stereocenters. The van der Waals surface area contributed by atoms with E-state index in [-0.39, 0.29) is 16.9 Å². The topological polar surface area (TPSA) is 9.23 Å². The van der Waals surface area contributed by atoms with Crippen molar-refractivity contribution in [3.05, 3.63) is 12.2 Å². The summed E-state index contributed by atoms with van der Waals surface area (Å²) in [6.07, 6.45) is 1.65. The minimum atomic E-state index is 0.148. The summed E-state index contributed by atoms with van der Waals surface area (Å²) in [6.45, 7) is 20.0. The molecule has 0 aliphatic carbocycles. The van der Waals surface area contributed by atoms with E-state index in [0.29, 0.717) is 12.0 Å². The number of hydrogen-bond acceptors (Lipinski definition) is 1. The number of ether oxygens (including phenoxy) is 1. The van der Waals surface area contributed by atoms with Gasteiger partial charge in [0, 0.05) is 0 Å². The van der Waals surface area contributed by atoms with Crippen molar-refractivity contribution in [3.63, 3.8) is 0 Å². The van der Waals surface area contributed by atoms with Crippen molar-refractivity contribution in [1.29, 1.82) is 0 Å². The second kappa shape index (κ2) is 4.18. The van der Waals surface area contributed by atoms with Crippen LogP contribution in [0.15, 0.2) is 12.2 Å². The molecule has 94 valence electrons. The van der Waals surface area contributed by atoms with E-state index in [4.69, 9.17) is 4.74 Å². The second-order valence-corrected chi connectivity index (χ2v) is 7.45. The fourth-order valence-electron chi connectivity index (χ4n) is 2.36. The van der Waals surface area contributed by atoms with Crippen LogP contribution in [0.1, 0.15) is 54.9 Å². The first-order chi connectivity index (χ1) is 7.03. The Morgan fingerprint density at radius 3 is 1.94 bits per heavy atom.